The molecule has 0 saturated carbocycles. The number of methoxy groups -OCH3 is 1. The summed E-state index contributed by atoms with van der Waals surface area (Å²) in [6.07, 6.45) is 0.0357. The highest BCUT2D eigenvalue weighted by Crippen LogP contribution is 2.11. The molecule has 0 bridgehead atoms. The molecule has 2 aromatic rings. The minimum absolute atomic E-state index is 0.172. The lowest BCUT2D eigenvalue weighted by Gasteiger charge is -2.14. The van der Waals surface area contributed by atoms with Gasteiger partial charge < -0.3 is 14.8 Å². The number of benzene rings is 1. The predicted molar refractivity (Wildman–Crippen MR) is 102 cm³/mol. The molecule has 1 aromatic heterocycles. The summed E-state index contributed by atoms with van der Waals surface area (Å²) in [6, 6.07) is 9.61. The Hall–Kier alpha value is -2.83. The van der Waals surface area contributed by atoms with Crippen LogP contribution in [-0.4, -0.2) is 41.4 Å². The van der Waals surface area contributed by atoms with E-state index in [0.29, 0.717) is 19.5 Å². The van der Waals surface area contributed by atoms with Crippen molar-refractivity contribution in [1.82, 2.24) is 15.1 Å². The summed E-state index contributed by atoms with van der Waals surface area (Å²) in [6.45, 7) is 6.32. The lowest BCUT2D eigenvalue weighted by molar-refractivity contribution is -0.155. The Morgan fingerprint density at radius 2 is 1.93 bits per heavy atom. The van der Waals surface area contributed by atoms with Crippen LogP contribution in [0.25, 0.3) is 0 Å². The van der Waals surface area contributed by atoms with Gasteiger partial charge in [-0.2, -0.15) is 5.10 Å². The molecule has 2 rings (SSSR count). The fourth-order valence-electron chi connectivity index (χ4n) is 2.67. The standard InChI is InChI=1S/C20H27N3O4/c1-14-13-15(2)23(22-14)12-10-19(24)27-16(3)20(25)21-11-9-17-5-7-18(26-4)8-6-17/h5-8,13,16H,9-12H2,1-4H3,(H,21,25). The second kappa shape index (κ2) is 9.75. The molecule has 7 nitrogen and oxygen atoms in total. The van der Waals surface area contributed by atoms with Gasteiger partial charge in [-0.05, 0) is 51.0 Å². The lowest BCUT2D eigenvalue weighted by atomic mass is 10.1. The minimum Gasteiger partial charge on any atom is -0.497 e. The molecule has 1 N–H and O–H groups in total. The fourth-order valence-corrected chi connectivity index (χ4v) is 2.67. The highest BCUT2D eigenvalue weighted by atomic mass is 16.5. The van der Waals surface area contributed by atoms with Crippen LogP contribution in [0.2, 0.25) is 0 Å². The molecule has 1 amide bonds. The molecule has 0 aliphatic carbocycles. The third kappa shape index (κ3) is 6.44. The quantitative estimate of drug-likeness (QED) is 0.682. The molecule has 0 spiro atoms. The summed E-state index contributed by atoms with van der Waals surface area (Å²) in [5.74, 6) is 0.0760. The van der Waals surface area contributed by atoms with Crippen LogP contribution in [0.1, 0.15) is 30.3 Å². The van der Waals surface area contributed by atoms with E-state index in [1.165, 1.54) is 0 Å². The number of hydrogen-bond donors (Lipinski definition) is 1. The Balaban J connectivity index is 1.69. The van der Waals surface area contributed by atoms with Crippen molar-refractivity contribution in [2.75, 3.05) is 13.7 Å². The SMILES string of the molecule is COc1ccc(CCNC(=O)C(C)OC(=O)CCn2nc(C)cc2C)cc1. The molecule has 1 heterocycles. The Labute approximate surface area is 159 Å². The number of aryl methyl sites for hydroxylation is 3. The number of carbonyl (C=O) groups excluding carboxylic acids is 2. The average molecular weight is 373 g/mol. The number of amides is 1. The van der Waals surface area contributed by atoms with Crippen LogP contribution in [-0.2, 0) is 27.3 Å². The number of aromatic nitrogens is 2. The van der Waals surface area contributed by atoms with E-state index in [9.17, 15) is 9.59 Å². The molecule has 0 fully saturated rings. The van der Waals surface area contributed by atoms with Crippen molar-refractivity contribution in [2.24, 2.45) is 0 Å². The second-order valence-electron chi connectivity index (χ2n) is 6.42. The largest absolute Gasteiger partial charge is 0.497 e. The highest BCUT2D eigenvalue weighted by molar-refractivity contribution is 5.83. The zero-order valence-corrected chi connectivity index (χ0v) is 16.3. The van der Waals surface area contributed by atoms with Crippen molar-refractivity contribution >= 4 is 11.9 Å². The summed E-state index contributed by atoms with van der Waals surface area (Å²) in [4.78, 5) is 24.0. The smallest absolute Gasteiger partial charge is 0.308 e. The Morgan fingerprint density at radius 1 is 1.22 bits per heavy atom. The van der Waals surface area contributed by atoms with Crippen LogP contribution >= 0.6 is 0 Å². The number of rotatable bonds is 9. The molecule has 0 radical (unpaired) electrons. The molecule has 0 aliphatic heterocycles. The number of esters is 1. The monoisotopic (exact) mass is 373 g/mol. The molecular weight excluding hydrogens is 346 g/mol. The summed E-state index contributed by atoms with van der Waals surface area (Å²) in [5.41, 5.74) is 2.99. The Kier molecular flexibility index (Phi) is 7.40. The number of nitrogens with one attached hydrogen (secondary N) is 1. The lowest BCUT2D eigenvalue weighted by Crippen LogP contribution is -2.37. The molecule has 0 saturated heterocycles. The number of hydrogen-bond acceptors (Lipinski definition) is 5. The van der Waals surface area contributed by atoms with E-state index >= 15 is 0 Å². The maximum absolute atomic E-state index is 12.1. The van der Waals surface area contributed by atoms with E-state index < -0.39 is 12.1 Å². The molecule has 27 heavy (non-hydrogen) atoms. The average Bonchev–Trinajstić information content (AvgIpc) is 2.97. The maximum Gasteiger partial charge on any atom is 0.308 e. The van der Waals surface area contributed by atoms with Crippen molar-refractivity contribution < 1.29 is 19.1 Å². The maximum atomic E-state index is 12.1. The van der Waals surface area contributed by atoms with Crippen molar-refractivity contribution in [1.29, 1.82) is 0 Å². The predicted octanol–water partition coefficient (Wildman–Crippen LogP) is 2.19. The zero-order valence-electron chi connectivity index (χ0n) is 16.3. The van der Waals surface area contributed by atoms with Gasteiger partial charge in [-0.3, -0.25) is 14.3 Å². The highest BCUT2D eigenvalue weighted by Gasteiger charge is 2.17. The van der Waals surface area contributed by atoms with Gasteiger partial charge in [0.25, 0.3) is 5.91 Å². The molecule has 0 aliphatic rings. The Bertz CT molecular complexity index is 768. The van der Waals surface area contributed by atoms with Gasteiger partial charge in [-0.25, -0.2) is 0 Å². The van der Waals surface area contributed by atoms with Crippen LogP contribution in [0.4, 0.5) is 0 Å². The normalized spacial score (nSPS) is 11.7. The summed E-state index contributed by atoms with van der Waals surface area (Å²) in [7, 11) is 1.62. The first kappa shape index (κ1) is 20.5. The van der Waals surface area contributed by atoms with Gasteiger partial charge in [0, 0.05) is 12.2 Å². The summed E-state index contributed by atoms with van der Waals surface area (Å²) in [5, 5.41) is 7.08. The molecule has 1 aromatic carbocycles. The van der Waals surface area contributed by atoms with Gasteiger partial charge >= 0.3 is 5.97 Å². The topological polar surface area (TPSA) is 82.5 Å². The van der Waals surface area contributed by atoms with Crippen LogP contribution in [0, 0.1) is 13.8 Å². The van der Waals surface area contributed by atoms with Gasteiger partial charge in [-0.1, -0.05) is 12.1 Å². The van der Waals surface area contributed by atoms with Crippen molar-refractivity contribution in [3.8, 4) is 5.75 Å². The number of nitrogens with zero attached hydrogens (tertiary/aromatic N) is 2. The third-order valence-corrected chi connectivity index (χ3v) is 4.18. The summed E-state index contributed by atoms with van der Waals surface area (Å²) < 4.78 is 12.1. The molecule has 146 valence electrons. The van der Waals surface area contributed by atoms with E-state index in [1.54, 1.807) is 18.7 Å². The second-order valence-corrected chi connectivity index (χ2v) is 6.42. The third-order valence-electron chi connectivity index (χ3n) is 4.18. The Morgan fingerprint density at radius 3 is 2.52 bits per heavy atom. The first-order chi connectivity index (χ1) is 12.9. The van der Waals surface area contributed by atoms with E-state index in [-0.39, 0.29) is 12.3 Å². The van der Waals surface area contributed by atoms with Crippen molar-refractivity contribution in [3.05, 3.63) is 47.3 Å². The first-order valence-electron chi connectivity index (χ1n) is 9.00. The molecule has 7 heteroatoms. The zero-order chi connectivity index (χ0) is 19.8. The molecule has 1 atom stereocenters. The van der Waals surface area contributed by atoms with Gasteiger partial charge in [0.1, 0.15) is 5.75 Å². The first-order valence-corrected chi connectivity index (χ1v) is 9.00. The van der Waals surface area contributed by atoms with Gasteiger partial charge in [0.15, 0.2) is 6.10 Å². The fraction of sp³-hybridized carbons (Fsp3) is 0.450. The van der Waals surface area contributed by atoms with Crippen LogP contribution in [0.3, 0.4) is 0 Å². The molecule has 1 unspecified atom stereocenters. The van der Waals surface area contributed by atoms with E-state index in [4.69, 9.17) is 9.47 Å². The van der Waals surface area contributed by atoms with E-state index in [2.05, 4.69) is 10.4 Å². The minimum atomic E-state index is -0.825. The summed E-state index contributed by atoms with van der Waals surface area (Å²) >= 11 is 0. The van der Waals surface area contributed by atoms with Gasteiger partial charge in [0.2, 0.25) is 0 Å². The van der Waals surface area contributed by atoms with Gasteiger partial charge in [0.05, 0.1) is 25.8 Å². The van der Waals surface area contributed by atoms with Crippen LogP contribution in [0.15, 0.2) is 30.3 Å². The van der Waals surface area contributed by atoms with E-state index in [0.717, 1.165) is 22.7 Å². The van der Waals surface area contributed by atoms with Crippen molar-refractivity contribution in [2.45, 2.75) is 46.3 Å². The van der Waals surface area contributed by atoms with E-state index in [1.807, 2.05) is 44.2 Å². The van der Waals surface area contributed by atoms with Gasteiger partial charge in [-0.15, -0.1) is 0 Å². The number of carbonyl (C=O) groups is 2. The van der Waals surface area contributed by atoms with Crippen molar-refractivity contribution in [3.63, 3.8) is 0 Å². The molecular formula is C20H27N3O4. The number of ether oxygens (including phenoxy) is 2. The van der Waals surface area contributed by atoms with Crippen LogP contribution in [0.5, 0.6) is 5.75 Å². The van der Waals surface area contributed by atoms with Crippen LogP contribution < -0.4 is 10.1 Å².